The Morgan fingerprint density at radius 3 is 2.89 bits per heavy atom. The second-order valence-corrected chi connectivity index (χ2v) is 8.67. The van der Waals surface area contributed by atoms with Gasteiger partial charge in [0.25, 0.3) is 0 Å². The number of hydrogen-bond acceptors (Lipinski definition) is 5. The van der Waals surface area contributed by atoms with Crippen molar-refractivity contribution >= 4 is 11.7 Å². The number of carbonyl (C=O) groups is 1. The van der Waals surface area contributed by atoms with Crippen molar-refractivity contribution in [3.63, 3.8) is 0 Å². The van der Waals surface area contributed by atoms with Crippen molar-refractivity contribution in [2.24, 2.45) is 11.3 Å². The first-order valence-electron chi connectivity index (χ1n) is 10.1. The van der Waals surface area contributed by atoms with Crippen LogP contribution >= 0.6 is 0 Å². The van der Waals surface area contributed by atoms with Gasteiger partial charge in [-0.05, 0) is 43.4 Å². The second kappa shape index (κ2) is 8.91. The first-order chi connectivity index (χ1) is 12.9. The number of aromatic nitrogens is 1. The summed E-state index contributed by atoms with van der Waals surface area (Å²) in [5.74, 6) is 0.662. The zero-order valence-corrected chi connectivity index (χ0v) is 16.5. The second-order valence-electron chi connectivity index (χ2n) is 8.67. The number of nitrogens with zero attached hydrogens (tertiary/aromatic N) is 2. The standard InChI is InChI=1S/C21H32N2O4/c1-21(2)7-5-16(6-8-21)15-27-19-11-17(12-22-13-19)23-9-10-26-18(14-23)3-4-20(24)25/h11-13,16,18H,3-10,14-15H2,1-2H3,(H,24,25)/t18-/m0/s1. The molecule has 1 saturated heterocycles. The molecule has 6 heteroatoms. The lowest BCUT2D eigenvalue weighted by Crippen LogP contribution is -2.42. The molecule has 2 fully saturated rings. The monoisotopic (exact) mass is 376 g/mol. The highest BCUT2D eigenvalue weighted by Gasteiger charge is 2.27. The first-order valence-corrected chi connectivity index (χ1v) is 10.1. The van der Waals surface area contributed by atoms with Crippen LogP contribution in [-0.2, 0) is 9.53 Å². The van der Waals surface area contributed by atoms with E-state index in [1.54, 1.807) is 6.20 Å². The van der Waals surface area contributed by atoms with Gasteiger partial charge in [0.1, 0.15) is 5.75 Å². The number of carboxylic acid groups (broad SMARTS) is 1. The lowest BCUT2D eigenvalue weighted by Gasteiger charge is -2.35. The Morgan fingerprint density at radius 1 is 1.37 bits per heavy atom. The van der Waals surface area contributed by atoms with Crippen molar-refractivity contribution in [1.82, 2.24) is 4.98 Å². The summed E-state index contributed by atoms with van der Waals surface area (Å²) in [5, 5.41) is 8.86. The summed E-state index contributed by atoms with van der Waals surface area (Å²) >= 11 is 0. The van der Waals surface area contributed by atoms with E-state index in [0.29, 0.717) is 30.9 Å². The molecule has 6 nitrogen and oxygen atoms in total. The fourth-order valence-corrected chi connectivity index (χ4v) is 3.91. The van der Waals surface area contributed by atoms with Gasteiger partial charge in [-0.25, -0.2) is 0 Å². The Labute approximate surface area is 161 Å². The van der Waals surface area contributed by atoms with Gasteiger partial charge in [0, 0.05) is 25.6 Å². The maximum atomic E-state index is 10.8. The highest BCUT2D eigenvalue weighted by atomic mass is 16.5. The average molecular weight is 376 g/mol. The number of rotatable bonds is 7. The van der Waals surface area contributed by atoms with Crippen molar-refractivity contribution < 1.29 is 19.4 Å². The van der Waals surface area contributed by atoms with Gasteiger partial charge in [-0.2, -0.15) is 0 Å². The molecule has 1 N–H and O–H groups in total. The predicted octanol–water partition coefficient (Wildman–Crippen LogP) is 3.75. The fourth-order valence-electron chi connectivity index (χ4n) is 3.91. The van der Waals surface area contributed by atoms with Gasteiger partial charge in [-0.1, -0.05) is 13.8 Å². The lowest BCUT2D eigenvalue weighted by atomic mass is 9.73. The minimum Gasteiger partial charge on any atom is -0.492 e. The molecule has 0 unspecified atom stereocenters. The summed E-state index contributed by atoms with van der Waals surface area (Å²) in [7, 11) is 0. The molecule has 1 aliphatic carbocycles. The Hall–Kier alpha value is -1.82. The molecule has 1 aliphatic heterocycles. The van der Waals surface area contributed by atoms with Crippen LogP contribution in [0.3, 0.4) is 0 Å². The Balaban J connectivity index is 1.51. The maximum absolute atomic E-state index is 10.8. The molecule has 1 aromatic heterocycles. The average Bonchev–Trinajstić information content (AvgIpc) is 2.66. The lowest BCUT2D eigenvalue weighted by molar-refractivity contribution is -0.137. The van der Waals surface area contributed by atoms with Crippen molar-refractivity contribution in [3.05, 3.63) is 18.5 Å². The zero-order chi connectivity index (χ0) is 19.3. The van der Waals surface area contributed by atoms with Crippen molar-refractivity contribution in [1.29, 1.82) is 0 Å². The smallest absolute Gasteiger partial charge is 0.303 e. The van der Waals surface area contributed by atoms with E-state index in [1.807, 2.05) is 12.3 Å². The van der Waals surface area contributed by atoms with Crippen LogP contribution in [0.4, 0.5) is 5.69 Å². The van der Waals surface area contributed by atoms with Crippen LogP contribution in [0.15, 0.2) is 18.5 Å². The number of aliphatic carboxylic acids is 1. The Bertz CT molecular complexity index is 624. The van der Waals surface area contributed by atoms with Crippen molar-refractivity contribution in [2.45, 2.75) is 58.5 Å². The topological polar surface area (TPSA) is 71.9 Å². The number of pyridine rings is 1. The molecule has 1 saturated carbocycles. The number of carboxylic acids is 1. The molecule has 1 aromatic rings. The molecule has 0 aromatic carbocycles. The first kappa shape index (κ1) is 19.9. The van der Waals surface area contributed by atoms with E-state index in [1.165, 1.54) is 25.7 Å². The molecule has 0 bridgehead atoms. The van der Waals surface area contributed by atoms with Crippen LogP contribution in [-0.4, -0.2) is 48.5 Å². The molecule has 0 amide bonds. The summed E-state index contributed by atoms with van der Waals surface area (Å²) < 4.78 is 11.8. The molecule has 2 heterocycles. The summed E-state index contributed by atoms with van der Waals surface area (Å²) in [6.45, 7) is 7.54. The highest BCUT2D eigenvalue weighted by Crippen LogP contribution is 2.38. The number of hydrogen-bond donors (Lipinski definition) is 1. The summed E-state index contributed by atoms with van der Waals surface area (Å²) in [4.78, 5) is 17.3. The summed E-state index contributed by atoms with van der Waals surface area (Å²) in [6.07, 6.45) is 9.24. The number of anilines is 1. The minimum absolute atomic E-state index is 0.0509. The predicted molar refractivity (Wildman–Crippen MR) is 104 cm³/mol. The third-order valence-corrected chi connectivity index (χ3v) is 5.83. The van der Waals surface area contributed by atoms with E-state index in [-0.39, 0.29) is 12.5 Å². The van der Waals surface area contributed by atoms with Gasteiger partial charge < -0.3 is 19.5 Å². The third-order valence-electron chi connectivity index (χ3n) is 5.83. The maximum Gasteiger partial charge on any atom is 0.303 e. The van der Waals surface area contributed by atoms with Crippen molar-refractivity contribution in [3.8, 4) is 5.75 Å². The van der Waals surface area contributed by atoms with E-state index in [4.69, 9.17) is 14.6 Å². The van der Waals surface area contributed by atoms with Gasteiger partial charge in [0.15, 0.2) is 0 Å². The van der Waals surface area contributed by atoms with Crippen LogP contribution in [0.1, 0.15) is 52.4 Å². The fraction of sp³-hybridized carbons (Fsp3) is 0.714. The summed E-state index contributed by atoms with van der Waals surface area (Å²) in [6, 6.07) is 2.04. The number of ether oxygens (including phenoxy) is 2. The Morgan fingerprint density at radius 2 is 2.15 bits per heavy atom. The van der Waals surface area contributed by atoms with Crippen LogP contribution in [0.5, 0.6) is 5.75 Å². The molecular formula is C21H32N2O4. The Kier molecular flexibility index (Phi) is 6.58. The van der Waals surface area contributed by atoms with E-state index in [0.717, 1.165) is 24.6 Å². The normalized spacial score (nSPS) is 23.2. The van der Waals surface area contributed by atoms with Gasteiger partial charge in [0.05, 0.1) is 37.4 Å². The van der Waals surface area contributed by atoms with Gasteiger partial charge >= 0.3 is 5.97 Å². The molecular weight excluding hydrogens is 344 g/mol. The number of morpholine rings is 1. The van der Waals surface area contributed by atoms with E-state index in [2.05, 4.69) is 23.7 Å². The highest BCUT2D eigenvalue weighted by molar-refractivity contribution is 5.66. The molecule has 1 atom stereocenters. The van der Waals surface area contributed by atoms with Crippen LogP contribution in [0.25, 0.3) is 0 Å². The molecule has 150 valence electrons. The zero-order valence-electron chi connectivity index (χ0n) is 16.5. The van der Waals surface area contributed by atoms with E-state index >= 15 is 0 Å². The molecule has 0 radical (unpaired) electrons. The minimum atomic E-state index is -0.779. The van der Waals surface area contributed by atoms with Crippen molar-refractivity contribution in [2.75, 3.05) is 31.2 Å². The van der Waals surface area contributed by atoms with E-state index < -0.39 is 5.97 Å². The van der Waals surface area contributed by atoms with Crippen LogP contribution < -0.4 is 9.64 Å². The van der Waals surface area contributed by atoms with E-state index in [9.17, 15) is 4.79 Å². The molecule has 27 heavy (non-hydrogen) atoms. The van der Waals surface area contributed by atoms with Crippen LogP contribution in [0, 0.1) is 11.3 Å². The largest absolute Gasteiger partial charge is 0.492 e. The molecule has 2 aliphatic rings. The molecule has 3 rings (SSSR count). The van der Waals surface area contributed by atoms with Gasteiger partial charge in [-0.3, -0.25) is 9.78 Å². The summed E-state index contributed by atoms with van der Waals surface area (Å²) in [5.41, 5.74) is 1.49. The quantitative estimate of drug-likeness (QED) is 0.781. The molecule has 0 spiro atoms. The van der Waals surface area contributed by atoms with Gasteiger partial charge in [-0.15, -0.1) is 0 Å². The third kappa shape index (κ3) is 6.09. The van der Waals surface area contributed by atoms with Crippen LogP contribution in [0.2, 0.25) is 0 Å². The van der Waals surface area contributed by atoms with Gasteiger partial charge in [0.2, 0.25) is 0 Å². The SMILES string of the molecule is CC1(C)CCC(COc2cncc(N3CCO[C@@H](CCC(=O)O)C3)c2)CC1.